The number of rotatable bonds is 5. The Morgan fingerprint density at radius 2 is 1.67 bits per heavy atom. The van der Waals surface area contributed by atoms with E-state index in [1.165, 1.54) is 0 Å². The van der Waals surface area contributed by atoms with Gasteiger partial charge in [0, 0.05) is 24.5 Å². The number of carbonyl (C=O) groups is 1. The van der Waals surface area contributed by atoms with Crippen molar-refractivity contribution in [3.8, 4) is 0 Å². The maximum Gasteiger partial charge on any atom is 0.225 e. The van der Waals surface area contributed by atoms with Crippen LogP contribution in [0.25, 0.3) is 0 Å². The molecular formula is C12H26N2O. The molecule has 1 amide bonds. The summed E-state index contributed by atoms with van der Waals surface area (Å²) in [5, 5.41) is 6.29. The molecule has 0 aromatic carbocycles. The molecule has 1 atom stereocenters. The molecule has 0 fully saturated rings. The molecule has 90 valence electrons. The molecule has 0 spiro atoms. The van der Waals surface area contributed by atoms with Gasteiger partial charge in [-0.05, 0) is 12.8 Å². The second kappa shape index (κ2) is 6.11. The molecule has 0 heterocycles. The van der Waals surface area contributed by atoms with Gasteiger partial charge in [-0.3, -0.25) is 4.79 Å². The summed E-state index contributed by atoms with van der Waals surface area (Å²) in [6, 6.07) is 0.497. The fourth-order valence-electron chi connectivity index (χ4n) is 0.977. The number of carbonyl (C=O) groups excluding carboxylic acids is 1. The van der Waals surface area contributed by atoms with Gasteiger partial charge in [0.15, 0.2) is 0 Å². The van der Waals surface area contributed by atoms with Crippen LogP contribution in [0.1, 0.15) is 41.5 Å². The Labute approximate surface area is 94.0 Å². The first kappa shape index (κ1) is 14.4. The summed E-state index contributed by atoms with van der Waals surface area (Å²) >= 11 is 0. The molecule has 0 aromatic heterocycles. The third-order valence-electron chi connectivity index (χ3n) is 2.56. The van der Waals surface area contributed by atoms with E-state index in [1.807, 2.05) is 20.8 Å². The lowest BCUT2D eigenvalue weighted by atomic mass is 9.96. The van der Waals surface area contributed by atoms with Crippen LogP contribution in [0.15, 0.2) is 0 Å². The van der Waals surface area contributed by atoms with Crippen LogP contribution in [-0.4, -0.2) is 25.0 Å². The molecule has 0 saturated heterocycles. The molecule has 15 heavy (non-hydrogen) atoms. The highest BCUT2D eigenvalue weighted by atomic mass is 16.2. The summed E-state index contributed by atoms with van der Waals surface area (Å²) in [7, 11) is 0. The average molecular weight is 214 g/mol. The first-order valence-corrected chi connectivity index (χ1v) is 5.77. The highest BCUT2D eigenvalue weighted by Gasteiger charge is 2.20. The second-order valence-electron chi connectivity index (χ2n) is 5.49. The van der Waals surface area contributed by atoms with Gasteiger partial charge in [-0.2, -0.15) is 0 Å². The maximum absolute atomic E-state index is 11.5. The van der Waals surface area contributed by atoms with Crippen molar-refractivity contribution in [2.45, 2.75) is 47.6 Å². The van der Waals surface area contributed by atoms with Gasteiger partial charge in [0.25, 0.3) is 0 Å². The zero-order valence-electron chi connectivity index (χ0n) is 11.0. The summed E-state index contributed by atoms with van der Waals surface area (Å²) in [4.78, 5) is 11.5. The molecular weight excluding hydrogens is 188 g/mol. The minimum atomic E-state index is -0.288. The molecule has 0 aliphatic heterocycles. The standard InChI is InChI=1S/C12H26N2O/c1-9(2)10(3)13-7-8-14-11(15)12(4,5)6/h9-10,13H,7-8H2,1-6H3,(H,14,15). The maximum atomic E-state index is 11.5. The quantitative estimate of drug-likeness (QED) is 0.685. The molecule has 0 radical (unpaired) electrons. The molecule has 0 aliphatic rings. The van der Waals surface area contributed by atoms with Crippen LogP contribution < -0.4 is 10.6 Å². The van der Waals surface area contributed by atoms with Crippen molar-refractivity contribution in [2.24, 2.45) is 11.3 Å². The molecule has 0 saturated carbocycles. The lowest BCUT2D eigenvalue weighted by Crippen LogP contribution is -2.41. The van der Waals surface area contributed by atoms with Gasteiger partial charge >= 0.3 is 0 Å². The molecule has 3 nitrogen and oxygen atoms in total. The topological polar surface area (TPSA) is 41.1 Å². The SMILES string of the molecule is CC(C)C(C)NCCNC(=O)C(C)(C)C. The number of hydrogen-bond donors (Lipinski definition) is 2. The highest BCUT2D eigenvalue weighted by Crippen LogP contribution is 2.11. The van der Waals surface area contributed by atoms with E-state index in [2.05, 4.69) is 31.4 Å². The van der Waals surface area contributed by atoms with Crippen molar-refractivity contribution in [3.05, 3.63) is 0 Å². The van der Waals surface area contributed by atoms with E-state index in [9.17, 15) is 4.79 Å². The third kappa shape index (κ3) is 6.50. The van der Waals surface area contributed by atoms with Crippen molar-refractivity contribution < 1.29 is 4.79 Å². The summed E-state index contributed by atoms with van der Waals surface area (Å²) in [5.74, 6) is 0.741. The Balaban J connectivity index is 3.60. The summed E-state index contributed by atoms with van der Waals surface area (Å²) < 4.78 is 0. The zero-order valence-corrected chi connectivity index (χ0v) is 11.0. The minimum Gasteiger partial charge on any atom is -0.354 e. The van der Waals surface area contributed by atoms with Gasteiger partial charge in [0.2, 0.25) is 5.91 Å². The van der Waals surface area contributed by atoms with Gasteiger partial charge in [-0.1, -0.05) is 34.6 Å². The first-order chi connectivity index (χ1) is 6.75. The highest BCUT2D eigenvalue weighted by molar-refractivity contribution is 5.81. The van der Waals surface area contributed by atoms with E-state index in [0.717, 1.165) is 6.54 Å². The summed E-state index contributed by atoms with van der Waals surface area (Å²) in [6.45, 7) is 13.8. The van der Waals surface area contributed by atoms with E-state index in [1.54, 1.807) is 0 Å². The predicted molar refractivity (Wildman–Crippen MR) is 64.8 cm³/mol. The van der Waals surface area contributed by atoms with Crippen LogP contribution in [0.5, 0.6) is 0 Å². The van der Waals surface area contributed by atoms with Crippen LogP contribution in [0, 0.1) is 11.3 Å². The Morgan fingerprint density at radius 3 is 2.07 bits per heavy atom. The van der Waals surface area contributed by atoms with Gasteiger partial charge in [0.1, 0.15) is 0 Å². The number of hydrogen-bond acceptors (Lipinski definition) is 2. The minimum absolute atomic E-state index is 0.113. The van der Waals surface area contributed by atoms with Crippen LogP contribution >= 0.6 is 0 Å². The molecule has 0 aliphatic carbocycles. The molecule has 0 bridgehead atoms. The Morgan fingerprint density at radius 1 is 1.13 bits per heavy atom. The van der Waals surface area contributed by atoms with E-state index in [4.69, 9.17) is 0 Å². The second-order valence-corrected chi connectivity index (χ2v) is 5.49. The molecule has 0 rings (SSSR count). The lowest BCUT2D eigenvalue weighted by Gasteiger charge is -2.20. The average Bonchev–Trinajstić information content (AvgIpc) is 2.09. The fourth-order valence-corrected chi connectivity index (χ4v) is 0.977. The third-order valence-corrected chi connectivity index (χ3v) is 2.56. The van der Waals surface area contributed by atoms with Crippen molar-refractivity contribution in [1.29, 1.82) is 0 Å². The molecule has 0 aromatic rings. The van der Waals surface area contributed by atoms with Crippen LogP contribution in [0.3, 0.4) is 0 Å². The van der Waals surface area contributed by atoms with Crippen molar-refractivity contribution in [3.63, 3.8) is 0 Å². The van der Waals surface area contributed by atoms with Gasteiger partial charge in [0.05, 0.1) is 0 Å². The van der Waals surface area contributed by atoms with Crippen LogP contribution in [0.4, 0.5) is 0 Å². The van der Waals surface area contributed by atoms with Gasteiger partial charge in [-0.25, -0.2) is 0 Å². The predicted octanol–water partition coefficient (Wildman–Crippen LogP) is 1.78. The Kier molecular flexibility index (Phi) is 5.88. The van der Waals surface area contributed by atoms with Crippen molar-refractivity contribution in [2.75, 3.05) is 13.1 Å². The Hall–Kier alpha value is -0.570. The van der Waals surface area contributed by atoms with Crippen molar-refractivity contribution >= 4 is 5.91 Å². The van der Waals surface area contributed by atoms with E-state index >= 15 is 0 Å². The van der Waals surface area contributed by atoms with Crippen LogP contribution in [0.2, 0.25) is 0 Å². The lowest BCUT2D eigenvalue weighted by molar-refractivity contribution is -0.128. The fraction of sp³-hybridized carbons (Fsp3) is 0.917. The summed E-state index contributed by atoms with van der Waals surface area (Å²) in [6.07, 6.45) is 0. The van der Waals surface area contributed by atoms with Crippen molar-refractivity contribution in [1.82, 2.24) is 10.6 Å². The van der Waals surface area contributed by atoms with Gasteiger partial charge in [-0.15, -0.1) is 0 Å². The largest absolute Gasteiger partial charge is 0.354 e. The first-order valence-electron chi connectivity index (χ1n) is 5.77. The Bertz CT molecular complexity index is 194. The number of amides is 1. The monoisotopic (exact) mass is 214 g/mol. The molecule has 3 heteroatoms. The smallest absolute Gasteiger partial charge is 0.225 e. The zero-order chi connectivity index (χ0) is 12.1. The van der Waals surface area contributed by atoms with E-state index < -0.39 is 0 Å². The summed E-state index contributed by atoms with van der Waals surface area (Å²) in [5.41, 5.74) is -0.288. The molecule has 1 unspecified atom stereocenters. The van der Waals surface area contributed by atoms with Gasteiger partial charge < -0.3 is 10.6 Å². The molecule has 2 N–H and O–H groups in total. The number of nitrogens with one attached hydrogen (secondary N) is 2. The van der Waals surface area contributed by atoms with Crippen LogP contribution in [-0.2, 0) is 4.79 Å². The van der Waals surface area contributed by atoms with E-state index in [0.29, 0.717) is 18.5 Å². The normalized spacial score (nSPS) is 14.1. The van der Waals surface area contributed by atoms with E-state index in [-0.39, 0.29) is 11.3 Å².